The van der Waals surface area contributed by atoms with Crippen LogP contribution in [0.25, 0.3) is 0 Å². The molecule has 0 spiro atoms. The molecule has 1 aromatic carbocycles. The zero-order valence-electron chi connectivity index (χ0n) is 15.2. The summed E-state index contributed by atoms with van der Waals surface area (Å²) in [5, 5.41) is 0.552. The third-order valence-electron chi connectivity index (χ3n) is 3.69. The van der Waals surface area contributed by atoms with E-state index in [0.717, 1.165) is 0 Å². The van der Waals surface area contributed by atoms with Gasteiger partial charge in [-0.05, 0) is 24.3 Å². The second-order valence-electron chi connectivity index (χ2n) is 5.52. The summed E-state index contributed by atoms with van der Waals surface area (Å²) < 4.78 is 10.3. The number of methoxy groups -OCH3 is 2. The van der Waals surface area contributed by atoms with Gasteiger partial charge >= 0.3 is 0 Å². The van der Waals surface area contributed by atoms with Crippen molar-refractivity contribution in [2.24, 2.45) is 0 Å². The molecule has 1 amide bonds. The largest absolute Gasteiger partial charge is 0.393 e. The molecule has 0 aliphatic heterocycles. The van der Waals surface area contributed by atoms with E-state index in [1.807, 2.05) is 4.90 Å². The monoisotopic (exact) mass is 394 g/mol. The molecule has 4 N–H and O–H groups in total. The Morgan fingerprint density at radius 1 is 1.15 bits per heavy atom. The first kappa shape index (κ1) is 20.7. The molecule has 9 nitrogen and oxygen atoms in total. The number of amides is 1. The molecule has 0 aliphatic rings. The average Bonchev–Trinajstić information content (AvgIpc) is 2.68. The van der Waals surface area contributed by atoms with Crippen LogP contribution in [0.4, 0.5) is 17.3 Å². The molecule has 0 saturated carbocycles. The van der Waals surface area contributed by atoms with Crippen LogP contribution in [0.5, 0.6) is 0 Å². The first-order valence-corrected chi connectivity index (χ1v) is 8.59. The number of hydrazine groups is 1. The number of ether oxygens (including phenoxy) is 2. The van der Waals surface area contributed by atoms with E-state index in [4.69, 9.17) is 26.8 Å². The second-order valence-corrected chi connectivity index (χ2v) is 5.95. The first-order valence-electron chi connectivity index (χ1n) is 8.22. The summed E-state index contributed by atoms with van der Waals surface area (Å²) in [5.74, 6) is 0.478. The van der Waals surface area contributed by atoms with Gasteiger partial charge in [0, 0.05) is 37.9 Å². The van der Waals surface area contributed by atoms with Gasteiger partial charge in [0.2, 0.25) is 0 Å². The highest BCUT2D eigenvalue weighted by Gasteiger charge is 2.16. The van der Waals surface area contributed by atoms with E-state index in [1.165, 1.54) is 6.33 Å². The fourth-order valence-electron chi connectivity index (χ4n) is 2.25. The van der Waals surface area contributed by atoms with Crippen LogP contribution in [0.1, 0.15) is 10.4 Å². The lowest BCUT2D eigenvalue weighted by Crippen LogP contribution is -2.33. The van der Waals surface area contributed by atoms with Crippen molar-refractivity contribution in [1.29, 1.82) is 0 Å². The van der Waals surface area contributed by atoms with Crippen LogP contribution in [0.15, 0.2) is 30.6 Å². The summed E-state index contributed by atoms with van der Waals surface area (Å²) in [7, 11) is 3.24. The van der Waals surface area contributed by atoms with Gasteiger partial charge in [-0.15, -0.1) is 0 Å². The number of carbonyl (C=O) groups excluding carboxylic acids is 1. The Hall–Kier alpha value is -2.62. The third kappa shape index (κ3) is 5.95. The van der Waals surface area contributed by atoms with E-state index < -0.39 is 0 Å². The minimum Gasteiger partial charge on any atom is -0.393 e. The predicted octanol–water partition coefficient (Wildman–Crippen LogP) is 1.57. The van der Waals surface area contributed by atoms with Gasteiger partial charge in [0.15, 0.2) is 11.6 Å². The molecule has 27 heavy (non-hydrogen) atoms. The number of aromatic nitrogens is 2. The summed E-state index contributed by atoms with van der Waals surface area (Å²) in [6.45, 7) is 2.17. The molecule has 0 atom stereocenters. The molecular formula is C17H23ClN6O3. The first-order chi connectivity index (χ1) is 13.1. The lowest BCUT2D eigenvalue weighted by atomic mass is 10.2. The molecule has 1 heterocycles. The Morgan fingerprint density at radius 3 is 2.37 bits per heavy atom. The van der Waals surface area contributed by atoms with Gasteiger partial charge in [-0.3, -0.25) is 15.6 Å². The molecule has 2 rings (SSSR count). The lowest BCUT2D eigenvalue weighted by molar-refractivity contribution is 0.0962. The summed E-state index contributed by atoms with van der Waals surface area (Å²) in [4.78, 5) is 22.5. The minimum absolute atomic E-state index is 0.294. The smallest absolute Gasteiger partial charge is 0.269 e. The van der Waals surface area contributed by atoms with Gasteiger partial charge in [0.05, 0.1) is 13.2 Å². The number of hydrogen-bond acceptors (Lipinski definition) is 8. The van der Waals surface area contributed by atoms with Gasteiger partial charge < -0.3 is 20.1 Å². The number of anilines is 3. The molecule has 0 fully saturated rings. The van der Waals surface area contributed by atoms with Crippen LogP contribution in [-0.4, -0.2) is 56.4 Å². The topological polar surface area (TPSA) is 115 Å². The van der Waals surface area contributed by atoms with Gasteiger partial charge in [-0.1, -0.05) is 11.6 Å². The Morgan fingerprint density at radius 2 is 1.78 bits per heavy atom. The number of nitrogen functional groups attached to an aromatic ring is 1. The Balaban J connectivity index is 2.09. The van der Waals surface area contributed by atoms with Crippen LogP contribution in [0, 0.1) is 0 Å². The quantitative estimate of drug-likeness (QED) is 0.520. The van der Waals surface area contributed by atoms with E-state index in [0.29, 0.717) is 54.2 Å². The maximum absolute atomic E-state index is 12.2. The summed E-state index contributed by atoms with van der Waals surface area (Å²) in [6.07, 6.45) is 1.37. The lowest BCUT2D eigenvalue weighted by Gasteiger charge is -2.25. The Labute approximate surface area is 162 Å². The standard InChI is InChI=1S/C17H23ClN6O3/c1-26-9-7-24(8-10-27-2)16-14(19)15(20-11-21-16)22-23-17(25)12-3-5-13(18)6-4-12/h3-6,11H,7-10,19H2,1-2H3,(H,23,25)(H,20,21,22). The maximum atomic E-state index is 12.2. The summed E-state index contributed by atoms with van der Waals surface area (Å²) >= 11 is 5.83. The van der Waals surface area contributed by atoms with Crippen LogP contribution >= 0.6 is 11.6 Å². The zero-order valence-corrected chi connectivity index (χ0v) is 16.0. The summed E-state index contributed by atoms with van der Waals surface area (Å²) in [6, 6.07) is 6.50. The molecule has 0 aliphatic carbocycles. The van der Waals surface area contributed by atoms with Gasteiger partial charge in [-0.25, -0.2) is 9.97 Å². The van der Waals surface area contributed by atoms with Crippen molar-refractivity contribution in [3.05, 3.63) is 41.2 Å². The molecule has 0 unspecified atom stereocenters. The molecular weight excluding hydrogens is 372 g/mol. The number of carbonyl (C=O) groups is 1. The molecule has 0 saturated heterocycles. The Bertz CT molecular complexity index is 736. The number of nitrogens with two attached hydrogens (primary N) is 1. The van der Waals surface area contributed by atoms with Gasteiger partial charge in [0.1, 0.15) is 12.0 Å². The van der Waals surface area contributed by atoms with Crippen LogP contribution in [0.3, 0.4) is 0 Å². The normalized spacial score (nSPS) is 10.5. The Kier molecular flexibility index (Phi) is 8.05. The van der Waals surface area contributed by atoms with Crippen molar-refractivity contribution >= 4 is 34.8 Å². The number of nitrogens with one attached hydrogen (secondary N) is 2. The molecule has 0 radical (unpaired) electrons. The van der Waals surface area contributed by atoms with Crippen LogP contribution in [-0.2, 0) is 9.47 Å². The SMILES string of the molecule is COCCN(CCOC)c1ncnc(NNC(=O)c2ccc(Cl)cc2)c1N. The zero-order chi connectivity index (χ0) is 19.6. The van der Waals surface area contributed by atoms with Crippen molar-refractivity contribution in [1.82, 2.24) is 15.4 Å². The second kappa shape index (κ2) is 10.5. The van der Waals surface area contributed by atoms with Crippen molar-refractivity contribution in [3.8, 4) is 0 Å². The predicted molar refractivity (Wildman–Crippen MR) is 105 cm³/mol. The van der Waals surface area contributed by atoms with Crippen LogP contribution in [0.2, 0.25) is 5.02 Å². The molecule has 146 valence electrons. The van der Waals surface area contributed by atoms with Crippen molar-refractivity contribution in [3.63, 3.8) is 0 Å². The van der Waals surface area contributed by atoms with Gasteiger partial charge in [-0.2, -0.15) is 0 Å². The maximum Gasteiger partial charge on any atom is 0.269 e. The number of rotatable bonds is 10. The van der Waals surface area contributed by atoms with E-state index in [1.54, 1.807) is 38.5 Å². The fourth-order valence-corrected chi connectivity index (χ4v) is 2.38. The molecule has 10 heteroatoms. The van der Waals surface area contributed by atoms with E-state index in [-0.39, 0.29) is 5.91 Å². The van der Waals surface area contributed by atoms with Crippen molar-refractivity contribution < 1.29 is 14.3 Å². The van der Waals surface area contributed by atoms with Gasteiger partial charge in [0.25, 0.3) is 5.91 Å². The van der Waals surface area contributed by atoms with E-state index >= 15 is 0 Å². The molecule has 0 bridgehead atoms. The molecule has 1 aromatic heterocycles. The number of hydrogen-bond donors (Lipinski definition) is 3. The number of halogens is 1. The van der Waals surface area contributed by atoms with E-state index in [2.05, 4.69) is 20.8 Å². The van der Waals surface area contributed by atoms with Crippen LogP contribution < -0.4 is 21.5 Å². The fraction of sp³-hybridized carbons (Fsp3) is 0.353. The highest BCUT2D eigenvalue weighted by Crippen LogP contribution is 2.25. The third-order valence-corrected chi connectivity index (χ3v) is 3.95. The number of nitrogens with zero attached hydrogens (tertiary/aromatic N) is 3. The highest BCUT2D eigenvalue weighted by molar-refractivity contribution is 6.30. The van der Waals surface area contributed by atoms with E-state index in [9.17, 15) is 4.79 Å². The highest BCUT2D eigenvalue weighted by atomic mass is 35.5. The minimum atomic E-state index is -0.346. The van der Waals surface area contributed by atoms with Crippen molar-refractivity contribution in [2.45, 2.75) is 0 Å². The molecule has 2 aromatic rings. The average molecular weight is 395 g/mol. The van der Waals surface area contributed by atoms with Crippen molar-refractivity contribution in [2.75, 3.05) is 56.6 Å². The summed E-state index contributed by atoms with van der Waals surface area (Å²) in [5.41, 5.74) is 12.2. The number of benzene rings is 1.